The molecular weight excluding hydrogens is 376 g/mol. The number of ether oxygens (including phenoxy) is 1. The Hall–Kier alpha value is -1.75. The zero-order chi connectivity index (χ0) is 18.1. The average molecular weight is 396 g/mol. The molecule has 0 bridgehead atoms. The highest BCUT2D eigenvalue weighted by molar-refractivity contribution is 7.89. The number of nitrogens with zero attached hydrogens (tertiary/aromatic N) is 2. The lowest BCUT2D eigenvalue weighted by Crippen LogP contribution is -2.40. The van der Waals surface area contributed by atoms with Crippen molar-refractivity contribution in [1.29, 1.82) is 0 Å². The van der Waals surface area contributed by atoms with Crippen LogP contribution in [0.4, 0.5) is 5.13 Å². The van der Waals surface area contributed by atoms with Crippen LogP contribution in [-0.2, 0) is 27.6 Å². The maximum Gasteiger partial charge on any atom is 0.273 e. The van der Waals surface area contributed by atoms with E-state index in [2.05, 4.69) is 15.3 Å². The second-order valence-electron chi connectivity index (χ2n) is 6.32. The molecule has 0 aromatic carbocycles. The van der Waals surface area contributed by atoms with Crippen molar-refractivity contribution < 1.29 is 17.9 Å². The van der Waals surface area contributed by atoms with Gasteiger partial charge < -0.3 is 9.72 Å². The lowest BCUT2D eigenvalue weighted by atomic mass is 10.0. The Balaban J connectivity index is 1.48. The molecule has 2 N–H and O–H groups in total. The topological polar surface area (TPSA) is 104 Å². The normalized spacial score (nSPS) is 18.5. The summed E-state index contributed by atoms with van der Waals surface area (Å²) in [5.41, 5.74) is 1.27. The molecule has 2 aliphatic rings. The van der Waals surface area contributed by atoms with Gasteiger partial charge in [-0.1, -0.05) is 0 Å². The molecule has 4 rings (SSSR count). The van der Waals surface area contributed by atoms with Gasteiger partial charge in [0.15, 0.2) is 5.13 Å². The molecule has 1 amide bonds. The van der Waals surface area contributed by atoms with Crippen molar-refractivity contribution in [1.82, 2.24) is 14.3 Å². The number of fused-ring (bicyclic) bond motifs is 1. The number of aromatic nitrogens is 2. The number of thiazole rings is 1. The van der Waals surface area contributed by atoms with Crippen LogP contribution in [-0.4, -0.2) is 54.9 Å². The first-order valence-corrected chi connectivity index (χ1v) is 10.9. The first-order chi connectivity index (χ1) is 12.5. The number of anilines is 1. The molecule has 0 spiro atoms. The second-order valence-corrected chi connectivity index (χ2v) is 9.34. The summed E-state index contributed by atoms with van der Waals surface area (Å²) in [5.74, 6) is -0.389. The van der Waals surface area contributed by atoms with E-state index in [1.807, 2.05) is 0 Å². The lowest BCUT2D eigenvalue weighted by Gasteiger charge is -2.25. The van der Waals surface area contributed by atoms with Gasteiger partial charge in [-0.15, -0.1) is 11.3 Å². The molecule has 0 unspecified atom stereocenters. The fourth-order valence-corrected chi connectivity index (χ4v) is 5.61. The molecule has 2 aromatic heterocycles. The summed E-state index contributed by atoms with van der Waals surface area (Å²) in [4.78, 5) is 21.0. The number of hydrogen-bond donors (Lipinski definition) is 2. The van der Waals surface area contributed by atoms with E-state index in [1.165, 1.54) is 32.8 Å². The number of aryl methyl sites for hydroxylation is 2. The van der Waals surface area contributed by atoms with Crippen molar-refractivity contribution in [2.24, 2.45) is 0 Å². The summed E-state index contributed by atoms with van der Waals surface area (Å²) in [6.45, 7) is 1.40. The number of aromatic amines is 1. The van der Waals surface area contributed by atoms with E-state index in [1.54, 1.807) is 0 Å². The van der Waals surface area contributed by atoms with E-state index in [9.17, 15) is 13.2 Å². The van der Waals surface area contributed by atoms with Gasteiger partial charge in [-0.3, -0.25) is 10.1 Å². The Kier molecular flexibility index (Phi) is 4.82. The van der Waals surface area contributed by atoms with Crippen LogP contribution in [0, 0.1) is 0 Å². The number of rotatable bonds is 4. The zero-order valence-corrected chi connectivity index (χ0v) is 15.8. The molecule has 26 heavy (non-hydrogen) atoms. The van der Waals surface area contributed by atoms with Gasteiger partial charge in [0.25, 0.3) is 5.91 Å². The van der Waals surface area contributed by atoms with Crippen LogP contribution < -0.4 is 5.32 Å². The number of sulfonamides is 1. The van der Waals surface area contributed by atoms with Crippen molar-refractivity contribution in [2.75, 3.05) is 31.6 Å². The summed E-state index contributed by atoms with van der Waals surface area (Å²) in [6, 6.07) is 1.37. The van der Waals surface area contributed by atoms with Crippen molar-refractivity contribution in [3.63, 3.8) is 0 Å². The van der Waals surface area contributed by atoms with Crippen molar-refractivity contribution in [3.8, 4) is 0 Å². The van der Waals surface area contributed by atoms with Gasteiger partial charge in [0, 0.05) is 24.2 Å². The minimum atomic E-state index is -3.62. The van der Waals surface area contributed by atoms with Gasteiger partial charge >= 0.3 is 0 Å². The molecule has 1 saturated heterocycles. The number of amides is 1. The number of carbonyl (C=O) groups is 1. The SMILES string of the molecule is O=C(Nc1nc2c(s1)CCCC2)c1cc(S(=O)(=O)N2CCOCC2)c[nH]1. The molecule has 8 nitrogen and oxygen atoms in total. The number of nitrogens with one attached hydrogen (secondary N) is 2. The molecule has 3 heterocycles. The summed E-state index contributed by atoms with van der Waals surface area (Å²) < 4.78 is 31.8. The third kappa shape index (κ3) is 3.41. The molecular formula is C16H20N4O4S2. The van der Waals surface area contributed by atoms with Crippen LogP contribution in [0.2, 0.25) is 0 Å². The van der Waals surface area contributed by atoms with E-state index in [-0.39, 0.29) is 16.5 Å². The molecule has 0 saturated carbocycles. The highest BCUT2D eigenvalue weighted by atomic mass is 32.2. The van der Waals surface area contributed by atoms with E-state index in [0.29, 0.717) is 31.4 Å². The molecule has 0 radical (unpaired) electrons. The summed E-state index contributed by atoms with van der Waals surface area (Å²) in [5, 5.41) is 3.33. The Morgan fingerprint density at radius 1 is 1.27 bits per heavy atom. The first kappa shape index (κ1) is 17.7. The maximum absolute atomic E-state index is 12.6. The van der Waals surface area contributed by atoms with E-state index < -0.39 is 10.0 Å². The Morgan fingerprint density at radius 3 is 2.81 bits per heavy atom. The highest BCUT2D eigenvalue weighted by Gasteiger charge is 2.28. The van der Waals surface area contributed by atoms with Gasteiger partial charge in [0.1, 0.15) is 10.6 Å². The van der Waals surface area contributed by atoms with Crippen molar-refractivity contribution in [2.45, 2.75) is 30.6 Å². The smallest absolute Gasteiger partial charge is 0.273 e. The molecule has 1 fully saturated rings. The summed E-state index contributed by atoms with van der Waals surface area (Å²) >= 11 is 1.50. The standard InChI is InChI=1S/C16H20N4O4S2/c21-15(19-16-18-12-3-1-2-4-14(12)25-16)13-9-11(10-17-13)26(22,23)20-5-7-24-8-6-20/h9-10,17H,1-8H2,(H,18,19,21). The predicted molar refractivity (Wildman–Crippen MR) is 97.1 cm³/mol. The highest BCUT2D eigenvalue weighted by Crippen LogP contribution is 2.29. The van der Waals surface area contributed by atoms with Crippen molar-refractivity contribution in [3.05, 3.63) is 28.5 Å². The average Bonchev–Trinajstić information content (AvgIpc) is 3.29. The molecule has 140 valence electrons. The van der Waals surface area contributed by atoms with E-state index in [4.69, 9.17) is 4.74 Å². The van der Waals surface area contributed by atoms with Crippen LogP contribution in [0.1, 0.15) is 33.9 Å². The van der Waals surface area contributed by atoms with Crippen LogP contribution >= 0.6 is 11.3 Å². The molecule has 1 aliphatic heterocycles. The van der Waals surface area contributed by atoms with Gasteiger partial charge in [-0.25, -0.2) is 13.4 Å². The Bertz CT molecular complexity index is 889. The third-order valence-corrected chi connectivity index (χ3v) is 7.52. The minimum absolute atomic E-state index is 0.0861. The number of carbonyl (C=O) groups excluding carboxylic acids is 1. The first-order valence-electron chi connectivity index (χ1n) is 8.60. The Labute approximate surface area is 155 Å². The number of hydrogen-bond acceptors (Lipinski definition) is 6. The molecule has 0 atom stereocenters. The van der Waals surface area contributed by atoms with Crippen molar-refractivity contribution >= 4 is 32.4 Å². The van der Waals surface area contributed by atoms with Crippen LogP contribution in [0.25, 0.3) is 0 Å². The van der Waals surface area contributed by atoms with Gasteiger partial charge in [0.2, 0.25) is 10.0 Å². The minimum Gasteiger partial charge on any atom is -0.379 e. The monoisotopic (exact) mass is 396 g/mol. The third-order valence-electron chi connectivity index (χ3n) is 4.58. The Morgan fingerprint density at radius 2 is 2.04 bits per heavy atom. The van der Waals surface area contributed by atoms with Crippen LogP contribution in [0.15, 0.2) is 17.2 Å². The lowest BCUT2D eigenvalue weighted by molar-refractivity contribution is 0.0730. The van der Waals surface area contributed by atoms with Gasteiger partial charge in [0.05, 0.1) is 18.9 Å². The number of H-pyrrole nitrogens is 1. The van der Waals surface area contributed by atoms with Crippen LogP contribution in [0.5, 0.6) is 0 Å². The maximum atomic E-state index is 12.6. The second kappa shape index (κ2) is 7.10. The summed E-state index contributed by atoms with van der Waals surface area (Å²) in [7, 11) is -3.62. The largest absolute Gasteiger partial charge is 0.379 e. The van der Waals surface area contributed by atoms with E-state index in [0.717, 1.165) is 31.4 Å². The zero-order valence-electron chi connectivity index (χ0n) is 14.2. The summed E-state index contributed by atoms with van der Waals surface area (Å²) in [6.07, 6.45) is 5.59. The number of morpholine rings is 1. The quantitative estimate of drug-likeness (QED) is 0.817. The molecule has 1 aliphatic carbocycles. The van der Waals surface area contributed by atoms with Gasteiger partial charge in [-0.2, -0.15) is 4.31 Å². The van der Waals surface area contributed by atoms with E-state index >= 15 is 0 Å². The van der Waals surface area contributed by atoms with Gasteiger partial charge in [-0.05, 0) is 31.7 Å². The molecule has 10 heteroatoms. The predicted octanol–water partition coefficient (Wildman–Crippen LogP) is 1.62. The molecule has 2 aromatic rings. The fourth-order valence-electron chi connectivity index (χ4n) is 3.16. The van der Waals surface area contributed by atoms with Crippen LogP contribution in [0.3, 0.4) is 0 Å². The fraction of sp³-hybridized carbons (Fsp3) is 0.500.